The van der Waals surface area contributed by atoms with Crippen molar-refractivity contribution in [2.45, 2.75) is 25.8 Å². The molecule has 0 bridgehead atoms. The summed E-state index contributed by atoms with van der Waals surface area (Å²) in [7, 11) is 0. The van der Waals surface area contributed by atoms with E-state index < -0.39 is 0 Å². The predicted octanol–water partition coefficient (Wildman–Crippen LogP) is 1.73. The molecule has 1 aromatic heterocycles. The summed E-state index contributed by atoms with van der Waals surface area (Å²) in [5, 5.41) is 6.97. The third-order valence-corrected chi connectivity index (χ3v) is 3.30. The van der Waals surface area contributed by atoms with Gasteiger partial charge in [-0.2, -0.15) is 0 Å². The van der Waals surface area contributed by atoms with Gasteiger partial charge in [0.1, 0.15) is 0 Å². The van der Waals surface area contributed by atoms with Crippen LogP contribution in [0, 0.1) is 5.92 Å². The van der Waals surface area contributed by atoms with Crippen LogP contribution in [0.4, 0.5) is 0 Å². The summed E-state index contributed by atoms with van der Waals surface area (Å²) >= 11 is 0. The lowest BCUT2D eigenvalue weighted by Gasteiger charge is -2.24. The highest BCUT2D eigenvalue weighted by Crippen LogP contribution is 2.13. The minimum Gasteiger partial charge on any atom is -0.317 e. The van der Waals surface area contributed by atoms with Crippen LogP contribution < -0.4 is 10.6 Å². The largest absolute Gasteiger partial charge is 0.317 e. The quantitative estimate of drug-likeness (QED) is 0.810. The molecule has 1 aliphatic rings. The van der Waals surface area contributed by atoms with E-state index in [-0.39, 0.29) is 0 Å². The van der Waals surface area contributed by atoms with Crippen LogP contribution in [0.15, 0.2) is 24.4 Å². The maximum Gasteiger partial charge on any atom is 0.0570 e. The van der Waals surface area contributed by atoms with E-state index in [4.69, 9.17) is 0 Å². The Labute approximate surface area is 97.7 Å². The molecule has 2 heterocycles. The number of hydrogen-bond donors (Lipinski definition) is 2. The van der Waals surface area contributed by atoms with Gasteiger partial charge < -0.3 is 10.6 Å². The first-order chi connectivity index (χ1) is 7.86. The predicted molar refractivity (Wildman–Crippen MR) is 66.2 cm³/mol. The van der Waals surface area contributed by atoms with Gasteiger partial charge in [0, 0.05) is 12.2 Å². The molecule has 1 fully saturated rings. The topological polar surface area (TPSA) is 37.0 Å². The molecule has 0 amide bonds. The fourth-order valence-electron chi connectivity index (χ4n) is 2.17. The number of piperidine rings is 1. The molecule has 0 aliphatic carbocycles. The molecular weight excluding hydrogens is 198 g/mol. The monoisotopic (exact) mass is 219 g/mol. The summed E-state index contributed by atoms with van der Waals surface area (Å²) in [4.78, 5) is 4.37. The molecular formula is C13H21N3. The molecule has 88 valence electrons. The summed E-state index contributed by atoms with van der Waals surface area (Å²) < 4.78 is 0. The van der Waals surface area contributed by atoms with Crippen LogP contribution in [0.1, 0.15) is 31.5 Å². The smallest absolute Gasteiger partial charge is 0.0570 e. The van der Waals surface area contributed by atoms with Gasteiger partial charge in [-0.05, 0) is 57.5 Å². The second-order valence-corrected chi connectivity index (χ2v) is 4.58. The molecule has 1 saturated heterocycles. The van der Waals surface area contributed by atoms with E-state index in [1.54, 1.807) is 0 Å². The molecule has 0 saturated carbocycles. The van der Waals surface area contributed by atoms with Gasteiger partial charge in [-0.3, -0.25) is 4.98 Å². The average Bonchev–Trinajstić information content (AvgIpc) is 2.38. The number of hydrogen-bond acceptors (Lipinski definition) is 3. The molecule has 16 heavy (non-hydrogen) atoms. The molecule has 0 spiro atoms. The molecule has 1 atom stereocenters. The summed E-state index contributed by atoms with van der Waals surface area (Å²) in [5.74, 6) is 0.826. The lowest BCUT2D eigenvalue weighted by molar-refractivity contribution is 0.344. The minimum atomic E-state index is 0.357. The highest BCUT2D eigenvalue weighted by Gasteiger charge is 2.14. The summed E-state index contributed by atoms with van der Waals surface area (Å²) in [6.07, 6.45) is 4.45. The van der Waals surface area contributed by atoms with Crippen molar-refractivity contribution < 1.29 is 0 Å². The third-order valence-electron chi connectivity index (χ3n) is 3.30. The van der Waals surface area contributed by atoms with Crippen molar-refractivity contribution in [1.82, 2.24) is 15.6 Å². The molecule has 0 unspecified atom stereocenters. The van der Waals surface area contributed by atoms with Crippen LogP contribution in [0.2, 0.25) is 0 Å². The Balaban J connectivity index is 1.77. The van der Waals surface area contributed by atoms with Crippen molar-refractivity contribution in [2.24, 2.45) is 5.92 Å². The first-order valence-corrected chi connectivity index (χ1v) is 6.21. The van der Waals surface area contributed by atoms with Crippen LogP contribution in [0.3, 0.4) is 0 Å². The zero-order valence-electron chi connectivity index (χ0n) is 9.95. The van der Waals surface area contributed by atoms with Crippen molar-refractivity contribution in [2.75, 3.05) is 19.6 Å². The van der Waals surface area contributed by atoms with E-state index in [1.165, 1.54) is 25.9 Å². The van der Waals surface area contributed by atoms with Crippen molar-refractivity contribution >= 4 is 0 Å². The van der Waals surface area contributed by atoms with Gasteiger partial charge in [-0.15, -0.1) is 0 Å². The Hall–Kier alpha value is -0.930. The van der Waals surface area contributed by atoms with E-state index in [0.717, 1.165) is 18.2 Å². The zero-order chi connectivity index (χ0) is 11.2. The first-order valence-electron chi connectivity index (χ1n) is 6.21. The first kappa shape index (κ1) is 11.6. The second kappa shape index (κ2) is 5.97. The fourth-order valence-corrected chi connectivity index (χ4v) is 2.17. The summed E-state index contributed by atoms with van der Waals surface area (Å²) in [6, 6.07) is 6.45. The van der Waals surface area contributed by atoms with E-state index >= 15 is 0 Å². The van der Waals surface area contributed by atoms with Gasteiger partial charge in [-0.25, -0.2) is 0 Å². The standard InChI is InChI=1S/C13H21N3/c1-11(13-4-2-3-7-15-13)16-10-12-5-8-14-9-6-12/h2-4,7,11-12,14,16H,5-6,8-10H2,1H3/t11-/m1/s1. The number of nitrogens with one attached hydrogen (secondary N) is 2. The number of nitrogens with zero attached hydrogens (tertiary/aromatic N) is 1. The molecule has 3 nitrogen and oxygen atoms in total. The molecule has 2 rings (SSSR count). The Morgan fingerprint density at radius 1 is 1.44 bits per heavy atom. The van der Waals surface area contributed by atoms with Gasteiger partial charge in [0.2, 0.25) is 0 Å². The van der Waals surface area contributed by atoms with E-state index in [2.05, 4.69) is 28.6 Å². The van der Waals surface area contributed by atoms with Gasteiger partial charge in [0.05, 0.1) is 5.69 Å². The van der Waals surface area contributed by atoms with Crippen molar-refractivity contribution in [3.63, 3.8) is 0 Å². The van der Waals surface area contributed by atoms with Crippen LogP contribution in [0.5, 0.6) is 0 Å². The molecule has 3 heteroatoms. The van der Waals surface area contributed by atoms with Gasteiger partial charge in [-0.1, -0.05) is 6.07 Å². The Morgan fingerprint density at radius 2 is 2.25 bits per heavy atom. The number of pyridine rings is 1. The molecule has 0 aromatic carbocycles. The Kier molecular flexibility index (Phi) is 4.31. The highest BCUT2D eigenvalue weighted by atomic mass is 14.9. The van der Waals surface area contributed by atoms with Crippen molar-refractivity contribution in [3.05, 3.63) is 30.1 Å². The maximum absolute atomic E-state index is 4.37. The van der Waals surface area contributed by atoms with E-state index in [0.29, 0.717) is 6.04 Å². The Morgan fingerprint density at radius 3 is 2.94 bits per heavy atom. The lowest BCUT2D eigenvalue weighted by Crippen LogP contribution is -2.34. The van der Waals surface area contributed by atoms with E-state index in [1.807, 2.05) is 18.3 Å². The Bertz CT molecular complexity index is 293. The minimum absolute atomic E-state index is 0.357. The van der Waals surface area contributed by atoms with Crippen LogP contribution in [-0.2, 0) is 0 Å². The molecule has 2 N–H and O–H groups in total. The lowest BCUT2D eigenvalue weighted by atomic mass is 9.98. The second-order valence-electron chi connectivity index (χ2n) is 4.58. The number of rotatable bonds is 4. The van der Waals surface area contributed by atoms with E-state index in [9.17, 15) is 0 Å². The van der Waals surface area contributed by atoms with Gasteiger partial charge >= 0.3 is 0 Å². The fraction of sp³-hybridized carbons (Fsp3) is 0.615. The summed E-state index contributed by atoms with van der Waals surface area (Å²) in [5.41, 5.74) is 1.14. The molecule has 1 aliphatic heterocycles. The van der Waals surface area contributed by atoms with Crippen LogP contribution in [-0.4, -0.2) is 24.6 Å². The molecule has 0 radical (unpaired) electrons. The van der Waals surface area contributed by atoms with Crippen LogP contribution in [0.25, 0.3) is 0 Å². The van der Waals surface area contributed by atoms with Crippen LogP contribution >= 0.6 is 0 Å². The maximum atomic E-state index is 4.37. The molecule has 1 aromatic rings. The normalized spacial score (nSPS) is 19.6. The number of aromatic nitrogens is 1. The SMILES string of the molecule is C[C@@H](NCC1CCNCC1)c1ccccn1. The van der Waals surface area contributed by atoms with Gasteiger partial charge in [0.25, 0.3) is 0 Å². The summed E-state index contributed by atoms with van der Waals surface area (Å²) in [6.45, 7) is 5.64. The zero-order valence-corrected chi connectivity index (χ0v) is 9.95. The average molecular weight is 219 g/mol. The third kappa shape index (κ3) is 3.29. The van der Waals surface area contributed by atoms with Crippen molar-refractivity contribution in [3.8, 4) is 0 Å². The van der Waals surface area contributed by atoms with Gasteiger partial charge in [0.15, 0.2) is 0 Å². The highest BCUT2D eigenvalue weighted by molar-refractivity contribution is 5.07. The van der Waals surface area contributed by atoms with Crippen molar-refractivity contribution in [1.29, 1.82) is 0 Å².